The van der Waals surface area contributed by atoms with Crippen molar-refractivity contribution < 1.29 is 24.1 Å². The lowest BCUT2D eigenvalue weighted by atomic mass is 10.0. The van der Waals surface area contributed by atoms with E-state index in [1.165, 1.54) is 83.5 Å². The lowest BCUT2D eigenvalue weighted by Crippen LogP contribution is -2.26. The van der Waals surface area contributed by atoms with Gasteiger partial charge in [-0.05, 0) is 20.3 Å². The first-order valence-electron chi connectivity index (χ1n) is 13.7. The van der Waals surface area contributed by atoms with Gasteiger partial charge in [-0.1, -0.05) is 96.8 Å². The summed E-state index contributed by atoms with van der Waals surface area (Å²) in [4.78, 5) is 12.0. The lowest BCUT2D eigenvalue weighted by Gasteiger charge is -2.22. The minimum absolute atomic E-state index is 0.0388. The van der Waals surface area contributed by atoms with Gasteiger partial charge in [-0.25, -0.2) is 0 Å². The normalized spacial score (nSPS) is 12.4. The summed E-state index contributed by atoms with van der Waals surface area (Å²) in [5.41, 5.74) is 0. The fraction of sp³-hybridized carbons (Fsp3) is 0.963. The van der Waals surface area contributed by atoms with Crippen molar-refractivity contribution in [3.8, 4) is 0 Å². The number of hydrogen-bond acceptors (Lipinski definition) is 5. The lowest BCUT2D eigenvalue weighted by molar-refractivity contribution is -0.158. The summed E-state index contributed by atoms with van der Waals surface area (Å²) in [7, 11) is 0. The summed E-state index contributed by atoms with van der Waals surface area (Å²) in [5, 5.41) is 9.54. The topological polar surface area (TPSA) is 65.0 Å². The molecule has 0 saturated carbocycles. The monoisotopic (exact) mass is 458 g/mol. The molecule has 0 fully saturated rings. The van der Waals surface area contributed by atoms with Gasteiger partial charge in [0.1, 0.15) is 0 Å². The zero-order chi connectivity index (χ0) is 23.7. The number of carbonyl (C=O) groups is 1. The van der Waals surface area contributed by atoms with Crippen LogP contribution in [0.1, 0.15) is 130 Å². The maximum Gasteiger partial charge on any atom is 0.305 e. The van der Waals surface area contributed by atoms with Crippen LogP contribution in [0.2, 0.25) is 0 Å². The van der Waals surface area contributed by atoms with Crippen molar-refractivity contribution in [3.05, 3.63) is 0 Å². The van der Waals surface area contributed by atoms with E-state index in [1.807, 2.05) is 13.8 Å². The average Bonchev–Trinajstić information content (AvgIpc) is 2.79. The third-order valence-electron chi connectivity index (χ3n) is 5.95. The Morgan fingerprint density at radius 1 is 0.688 bits per heavy atom. The highest BCUT2D eigenvalue weighted by Crippen LogP contribution is 2.15. The maximum absolute atomic E-state index is 12.0. The van der Waals surface area contributed by atoms with Crippen molar-refractivity contribution in [2.24, 2.45) is 5.92 Å². The van der Waals surface area contributed by atoms with Crippen LogP contribution in [-0.2, 0) is 19.0 Å². The van der Waals surface area contributed by atoms with Crippen LogP contribution in [0.3, 0.4) is 0 Å². The molecule has 1 atom stereocenters. The van der Waals surface area contributed by atoms with Gasteiger partial charge < -0.3 is 19.3 Å². The van der Waals surface area contributed by atoms with E-state index >= 15 is 0 Å². The molecule has 192 valence electrons. The van der Waals surface area contributed by atoms with Crippen molar-refractivity contribution in [1.29, 1.82) is 0 Å². The van der Waals surface area contributed by atoms with Crippen molar-refractivity contribution >= 4 is 5.97 Å². The fourth-order valence-electron chi connectivity index (χ4n) is 3.95. The minimum Gasteiger partial charge on any atom is -0.465 e. The van der Waals surface area contributed by atoms with Gasteiger partial charge in [0.2, 0.25) is 0 Å². The number of carbonyl (C=O) groups excluding carboxylic acids is 1. The van der Waals surface area contributed by atoms with Crippen LogP contribution in [0.5, 0.6) is 0 Å². The van der Waals surface area contributed by atoms with Crippen molar-refractivity contribution in [1.82, 2.24) is 0 Å². The molecular weight excluding hydrogens is 404 g/mol. The molecule has 0 spiro atoms. The van der Waals surface area contributed by atoms with Crippen LogP contribution < -0.4 is 0 Å². The van der Waals surface area contributed by atoms with E-state index in [2.05, 4.69) is 6.92 Å². The molecule has 0 saturated heterocycles. The van der Waals surface area contributed by atoms with Crippen LogP contribution in [0.25, 0.3) is 0 Å². The predicted octanol–water partition coefficient (Wildman–Crippen LogP) is 7.19. The van der Waals surface area contributed by atoms with Gasteiger partial charge in [-0.2, -0.15) is 0 Å². The molecular formula is C27H54O5. The van der Waals surface area contributed by atoms with E-state index in [-0.39, 0.29) is 31.4 Å². The van der Waals surface area contributed by atoms with Gasteiger partial charge in [0, 0.05) is 38.6 Å². The Kier molecular flexibility index (Phi) is 24.5. The van der Waals surface area contributed by atoms with Crippen molar-refractivity contribution in [3.63, 3.8) is 0 Å². The number of aliphatic hydroxyl groups is 1. The highest BCUT2D eigenvalue weighted by Gasteiger charge is 2.18. The van der Waals surface area contributed by atoms with Crippen LogP contribution >= 0.6 is 0 Å². The predicted molar refractivity (Wildman–Crippen MR) is 133 cm³/mol. The first-order valence-corrected chi connectivity index (χ1v) is 13.7. The Morgan fingerprint density at radius 2 is 1.12 bits per heavy atom. The summed E-state index contributed by atoms with van der Waals surface area (Å²) in [5.74, 6) is -0.314. The Bertz CT molecular complexity index is 382. The molecule has 0 bridgehead atoms. The van der Waals surface area contributed by atoms with E-state index in [9.17, 15) is 9.90 Å². The van der Waals surface area contributed by atoms with Crippen molar-refractivity contribution in [2.75, 3.05) is 26.4 Å². The van der Waals surface area contributed by atoms with E-state index in [4.69, 9.17) is 14.2 Å². The molecule has 0 aromatic carbocycles. The number of aliphatic hydroxyl groups excluding tert-OH is 1. The third kappa shape index (κ3) is 21.2. The molecule has 0 rings (SSSR count). The van der Waals surface area contributed by atoms with Gasteiger partial charge in [-0.15, -0.1) is 0 Å². The van der Waals surface area contributed by atoms with Gasteiger partial charge in [-0.3, -0.25) is 4.79 Å². The van der Waals surface area contributed by atoms with E-state index < -0.39 is 0 Å². The Hall–Kier alpha value is -0.650. The summed E-state index contributed by atoms with van der Waals surface area (Å²) < 4.78 is 16.4. The molecule has 1 N–H and O–H groups in total. The molecule has 5 heteroatoms. The number of ether oxygens (including phenoxy) is 3. The zero-order valence-corrected chi connectivity index (χ0v) is 21.6. The van der Waals surface area contributed by atoms with Crippen LogP contribution in [0, 0.1) is 5.92 Å². The Morgan fingerprint density at radius 3 is 1.53 bits per heavy atom. The average molecular weight is 459 g/mol. The van der Waals surface area contributed by atoms with Gasteiger partial charge in [0.25, 0.3) is 0 Å². The maximum atomic E-state index is 12.0. The summed E-state index contributed by atoms with van der Waals surface area (Å²) in [6.45, 7) is 7.40. The molecule has 32 heavy (non-hydrogen) atoms. The Labute approximate surface area is 199 Å². The number of unbranched alkanes of at least 4 members (excludes halogenated alkanes) is 14. The van der Waals surface area contributed by atoms with Crippen LogP contribution in [-0.4, -0.2) is 43.8 Å². The summed E-state index contributed by atoms with van der Waals surface area (Å²) in [6.07, 6.45) is 20.4. The molecule has 1 unspecified atom stereocenters. The first-order chi connectivity index (χ1) is 15.7. The molecule has 0 aromatic heterocycles. The number of hydrogen-bond donors (Lipinski definition) is 1. The van der Waals surface area contributed by atoms with E-state index in [1.54, 1.807) is 0 Å². The molecule has 0 radical (unpaired) electrons. The summed E-state index contributed by atoms with van der Waals surface area (Å²) in [6, 6.07) is 0. The van der Waals surface area contributed by atoms with Crippen molar-refractivity contribution in [2.45, 2.75) is 136 Å². The van der Waals surface area contributed by atoms with E-state index in [0.29, 0.717) is 26.1 Å². The quantitative estimate of drug-likeness (QED) is 0.0891. The van der Waals surface area contributed by atoms with Gasteiger partial charge in [0.15, 0.2) is 6.29 Å². The van der Waals surface area contributed by atoms with Crippen LogP contribution in [0.4, 0.5) is 0 Å². The minimum atomic E-state index is -0.351. The third-order valence-corrected chi connectivity index (χ3v) is 5.95. The molecule has 0 aliphatic rings. The molecule has 5 nitrogen and oxygen atoms in total. The molecule has 0 heterocycles. The number of rotatable bonds is 25. The van der Waals surface area contributed by atoms with Gasteiger partial charge >= 0.3 is 5.97 Å². The van der Waals surface area contributed by atoms with Crippen LogP contribution in [0.15, 0.2) is 0 Å². The second-order valence-corrected chi connectivity index (χ2v) is 9.01. The van der Waals surface area contributed by atoms with Gasteiger partial charge in [0.05, 0.1) is 6.61 Å². The molecule has 0 aliphatic heterocycles. The summed E-state index contributed by atoms with van der Waals surface area (Å²) >= 11 is 0. The molecule has 0 amide bonds. The molecule has 0 aromatic rings. The highest BCUT2D eigenvalue weighted by molar-refractivity contribution is 5.69. The number of esters is 1. The zero-order valence-electron chi connectivity index (χ0n) is 21.6. The molecule has 0 aliphatic carbocycles. The first kappa shape index (κ1) is 31.4. The van der Waals surface area contributed by atoms with E-state index in [0.717, 1.165) is 12.8 Å². The second-order valence-electron chi connectivity index (χ2n) is 9.01. The smallest absolute Gasteiger partial charge is 0.305 e. The standard InChI is InChI=1S/C27H54O5/c1-4-7-8-9-10-11-12-13-14-15-16-17-18-19-20-21-26(29)32-24-25(23-28)22-27(30-5-2)31-6-3/h25,27-28H,4-24H2,1-3H3. The Balaban J connectivity index is 3.51. The second kappa shape index (κ2) is 25.0. The fourth-order valence-corrected chi connectivity index (χ4v) is 3.95. The highest BCUT2D eigenvalue weighted by atomic mass is 16.7. The SMILES string of the molecule is CCCCCCCCCCCCCCCCCC(=O)OCC(CO)CC(OCC)OCC. The largest absolute Gasteiger partial charge is 0.465 e.